The summed E-state index contributed by atoms with van der Waals surface area (Å²) in [7, 11) is 1.47. The number of benzene rings is 3. The molecule has 0 saturated carbocycles. The normalized spacial score (nSPS) is 11.8. The van der Waals surface area contributed by atoms with Gasteiger partial charge in [0.15, 0.2) is 17.6 Å². The van der Waals surface area contributed by atoms with Crippen LogP contribution >= 0.6 is 0 Å². The molecule has 0 aliphatic heterocycles. The molecule has 1 unspecified atom stereocenters. The van der Waals surface area contributed by atoms with E-state index in [1.165, 1.54) is 20.2 Å². The highest BCUT2D eigenvalue weighted by Crippen LogP contribution is 2.27. The average Bonchev–Trinajstić information content (AvgIpc) is 2.74. The Morgan fingerprint density at radius 3 is 2.50 bits per heavy atom. The topological polar surface area (TPSA) is 86.2 Å². The molecule has 7 heteroatoms. The van der Waals surface area contributed by atoms with Crippen LogP contribution in [0.25, 0.3) is 10.8 Å². The van der Waals surface area contributed by atoms with Crippen LogP contribution in [0.4, 0.5) is 0 Å². The third-order valence-corrected chi connectivity index (χ3v) is 4.23. The number of esters is 1. The van der Waals surface area contributed by atoms with Crippen LogP contribution in [-0.2, 0) is 9.59 Å². The van der Waals surface area contributed by atoms with Gasteiger partial charge in [-0.25, -0.2) is 5.43 Å². The molecule has 0 aromatic heterocycles. The Hall–Kier alpha value is -3.87. The molecule has 0 radical (unpaired) electrons. The highest BCUT2D eigenvalue weighted by atomic mass is 16.6. The van der Waals surface area contributed by atoms with Gasteiger partial charge in [-0.05, 0) is 53.6 Å². The molecule has 3 aromatic carbocycles. The predicted molar refractivity (Wildman–Crippen MR) is 114 cm³/mol. The van der Waals surface area contributed by atoms with E-state index in [0.29, 0.717) is 22.8 Å². The Balaban J connectivity index is 1.59. The van der Waals surface area contributed by atoms with Crippen molar-refractivity contribution in [2.45, 2.75) is 20.0 Å². The van der Waals surface area contributed by atoms with Gasteiger partial charge in [-0.1, -0.05) is 30.3 Å². The molecule has 0 bridgehead atoms. The molecule has 1 amide bonds. The van der Waals surface area contributed by atoms with Crippen molar-refractivity contribution in [2.24, 2.45) is 5.10 Å². The number of hydrogen-bond acceptors (Lipinski definition) is 6. The molecule has 0 saturated heterocycles. The molecule has 0 aliphatic carbocycles. The summed E-state index contributed by atoms with van der Waals surface area (Å²) in [6.07, 6.45) is 0.727. The van der Waals surface area contributed by atoms with E-state index in [2.05, 4.69) is 10.5 Å². The Kier molecular flexibility index (Phi) is 6.64. The molecule has 0 aliphatic rings. The molecule has 30 heavy (non-hydrogen) atoms. The summed E-state index contributed by atoms with van der Waals surface area (Å²) in [6.45, 7) is 2.96. The molecule has 1 atom stereocenters. The van der Waals surface area contributed by atoms with Gasteiger partial charge in [-0.3, -0.25) is 9.59 Å². The van der Waals surface area contributed by atoms with Crippen molar-refractivity contribution in [1.82, 2.24) is 5.43 Å². The van der Waals surface area contributed by atoms with Crippen LogP contribution in [0.2, 0.25) is 0 Å². The Morgan fingerprint density at radius 1 is 1.00 bits per heavy atom. The Morgan fingerprint density at radius 2 is 1.77 bits per heavy atom. The molecule has 7 nitrogen and oxygen atoms in total. The van der Waals surface area contributed by atoms with E-state index in [1.807, 2.05) is 42.5 Å². The van der Waals surface area contributed by atoms with E-state index in [-0.39, 0.29) is 5.91 Å². The second kappa shape index (κ2) is 9.56. The van der Waals surface area contributed by atoms with Crippen molar-refractivity contribution in [3.63, 3.8) is 0 Å². The maximum absolute atomic E-state index is 12.3. The van der Waals surface area contributed by atoms with Gasteiger partial charge in [0.2, 0.25) is 0 Å². The number of hydrazone groups is 1. The van der Waals surface area contributed by atoms with Gasteiger partial charge in [0, 0.05) is 6.92 Å². The van der Waals surface area contributed by atoms with Crippen molar-refractivity contribution in [2.75, 3.05) is 7.11 Å². The van der Waals surface area contributed by atoms with E-state index in [1.54, 1.807) is 25.1 Å². The molecule has 0 heterocycles. The molecule has 154 valence electrons. The van der Waals surface area contributed by atoms with Crippen LogP contribution in [0.15, 0.2) is 65.8 Å². The number of rotatable bonds is 7. The molecule has 3 rings (SSSR count). The quantitative estimate of drug-likeness (QED) is 0.280. The summed E-state index contributed by atoms with van der Waals surface area (Å²) in [5, 5.41) is 6.09. The molecular formula is C23H22N2O5. The van der Waals surface area contributed by atoms with E-state index >= 15 is 0 Å². The number of ether oxygens (including phenoxy) is 3. The zero-order valence-electron chi connectivity index (χ0n) is 16.9. The van der Waals surface area contributed by atoms with Gasteiger partial charge in [0.05, 0.1) is 13.3 Å². The Bertz CT molecular complexity index is 1090. The highest BCUT2D eigenvalue weighted by Gasteiger charge is 2.14. The van der Waals surface area contributed by atoms with E-state index in [0.717, 1.165) is 10.8 Å². The standard InChI is InChI=1S/C23H22N2O5/c1-15(29-20-10-9-18-6-4-5-7-19(18)13-20)23(27)25-24-14-17-8-11-21(30-16(2)26)22(12-17)28-3/h4-15H,1-3H3,(H,25,27). The maximum atomic E-state index is 12.3. The summed E-state index contributed by atoms with van der Waals surface area (Å²) >= 11 is 0. The lowest BCUT2D eigenvalue weighted by Gasteiger charge is -2.13. The van der Waals surface area contributed by atoms with Crippen molar-refractivity contribution >= 4 is 28.9 Å². The van der Waals surface area contributed by atoms with Gasteiger partial charge in [0.25, 0.3) is 5.91 Å². The summed E-state index contributed by atoms with van der Waals surface area (Å²) in [5.41, 5.74) is 3.11. The first-order valence-electron chi connectivity index (χ1n) is 9.31. The van der Waals surface area contributed by atoms with Crippen molar-refractivity contribution in [1.29, 1.82) is 0 Å². The zero-order chi connectivity index (χ0) is 21.5. The van der Waals surface area contributed by atoms with Crippen LogP contribution in [0.3, 0.4) is 0 Å². The van der Waals surface area contributed by atoms with Crippen LogP contribution in [-0.4, -0.2) is 31.3 Å². The van der Waals surface area contributed by atoms with Gasteiger partial charge < -0.3 is 14.2 Å². The van der Waals surface area contributed by atoms with Gasteiger partial charge in [-0.15, -0.1) is 0 Å². The second-order valence-electron chi connectivity index (χ2n) is 6.51. The Labute approximate surface area is 174 Å². The number of methoxy groups -OCH3 is 1. The number of carbonyl (C=O) groups is 2. The van der Waals surface area contributed by atoms with Crippen LogP contribution < -0.4 is 19.6 Å². The fourth-order valence-corrected chi connectivity index (χ4v) is 2.76. The number of hydrogen-bond donors (Lipinski definition) is 1. The van der Waals surface area contributed by atoms with E-state index < -0.39 is 12.1 Å². The fourth-order valence-electron chi connectivity index (χ4n) is 2.76. The van der Waals surface area contributed by atoms with Crippen molar-refractivity contribution < 1.29 is 23.8 Å². The summed E-state index contributed by atoms with van der Waals surface area (Å²) in [5.74, 6) is 0.466. The van der Waals surface area contributed by atoms with Crippen molar-refractivity contribution in [3.8, 4) is 17.2 Å². The van der Waals surface area contributed by atoms with Crippen LogP contribution in [0.5, 0.6) is 17.2 Å². The minimum Gasteiger partial charge on any atom is -0.493 e. The number of amides is 1. The third kappa shape index (κ3) is 5.35. The van der Waals surface area contributed by atoms with E-state index in [4.69, 9.17) is 14.2 Å². The average molecular weight is 406 g/mol. The first-order chi connectivity index (χ1) is 14.5. The highest BCUT2D eigenvalue weighted by molar-refractivity contribution is 5.86. The van der Waals surface area contributed by atoms with Crippen LogP contribution in [0, 0.1) is 0 Å². The molecule has 1 N–H and O–H groups in total. The minimum atomic E-state index is -0.732. The largest absolute Gasteiger partial charge is 0.493 e. The summed E-state index contributed by atoms with van der Waals surface area (Å²) in [6, 6.07) is 18.5. The van der Waals surface area contributed by atoms with Gasteiger partial charge >= 0.3 is 5.97 Å². The molecule has 0 fully saturated rings. The predicted octanol–water partition coefficient (Wildman–Crippen LogP) is 3.69. The lowest BCUT2D eigenvalue weighted by atomic mass is 10.1. The first-order valence-corrected chi connectivity index (χ1v) is 9.31. The van der Waals surface area contributed by atoms with Crippen LogP contribution in [0.1, 0.15) is 19.4 Å². The van der Waals surface area contributed by atoms with Gasteiger partial charge in [0.1, 0.15) is 5.75 Å². The van der Waals surface area contributed by atoms with Crippen molar-refractivity contribution in [3.05, 3.63) is 66.2 Å². The summed E-state index contributed by atoms with van der Waals surface area (Å²) in [4.78, 5) is 23.4. The zero-order valence-corrected chi connectivity index (χ0v) is 16.9. The first kappa shape index (κ1) is 20.9. The third-order valence-electron chi connectivity index (χ3n) is 4.23. The van der Waals surface area contributed by atoms with E-state index in [9.17, 15) is 9.59 Å². The smallest absolute Gasteiger partial charge is 0.308 e. The fraction of sp³-hybridized carbons (Fsp3) is 0.174. The number of carbonyl (C=O) groups excluding carboxylic acids is 2. The molecule has 0 spiro atoms. The lowest BCUT2D eigenvalue weighted by Crippen LogP contribution is -2.33. The van der Waals surface area contributed by atoms with Gasteiger partial charge in [-0.2, -0.15) is 5.10 Å². The summed E-state index contributed by atoms with van der Waals surface area (Å²) < 4.78 is 16.0. The maximum Gasteiger partial charge on any atom is 0.308 e. The minimum absolute atomic E-state index is 0.309. The number of fused-ring (bicyclic) bond motifs is 1. The number of nitrogens with zero attached hydrogens (tertiary/aromatic N) is 1. The monoisotopic (exact) mass is 406 g/mol. The number of nitrogens with one attached hydrogen (secondary N) is 1. The SMILES string of the molecule is COc1cc(C=NNC(=O)C(C)Oc2ccc3ccccc3c2)ccc1OC(C)=O. The molecular weight excluding hydrogens is 384 g/mol. The lowest BCUT2D eigenvalue weighted by molar-refractivity contribution is -0.132. The second-order valence-corrected chi connectivity index (χ2v) is 6.51. The molecule has 3 aromatic rings.